The zero-order valence-electron chi connectivity index (χ0n) is 21.4. The minimum absolute atomic E-state index is 0.0147. The summed E-state index contributed by atoms with van der Waals surface area (Å²) in [6, 6.07) is 17.0. The molecular formula is C29H28FN3O4S. The second kappa shape index (κ2) is 12.0. The highest BCUT2D eigenvalue weighted by Crippen LogP contribution is 2.24. The van der Waals surface area contributed by atoms with Crippen molar-refractivity contribution in [2.75, 3.05) is 19.4 Å². The second-order valence-electron chi connectivity index (χ2n) is 9.12. The van der Waals surface area contributed by atoms with Crippen LogP contribution in [0.2, 0.25) is 0 Å². The second-order valence-corrected chi connectivity index (χ2v) is 10.1. The molecule has 1 heterocycles. The number of nitrogens with one attached hydrogen (secondary N) is 1. The number of nitrogens with zero attached hydrogens (tertiary/aromatic N) is 2. The Morgan fingerprint density at radius 3 is 2.37 bits per heavy atom. The average molecular weight is 534 g/mol. The monoisotopic (exact) mass is 533 g/mol. The highest BCUT2D eigenvalue weighted by atomic mass is 32.2. The summed E-state index contributed by atoms with van der Waals surface area (Å²) in [4.78, 5) is 43.8. The number of ether oxygens (including phenoxy) is 1. The van der Waals surface area contributed by atoms with E-state index in [1.54, 1.807) is 49.6 Å². The molecule has 0 spiro atoms. The summed E-state index contributed by atoms with van der Waals surface area (Å²) in [6.45, 7) is 4.70. The standard InChI is InChI=1S/C29H28FN3O4S/c1-18(2)14-15-31-27(35)20-6-13-24-25(16-20)32-29(33(28(24)36)22-9-7-21(30)8-10-22)38-17-26(34)19-4-11-23(37-3)12-5-19/h4-13,16,18H,14-15,17H2,1-3H3,(H,31,35). The fraction of sp³-hybridized carbons (Fsp3) is 0.241. The first-order valence-electron chi connectivity index (χ1n) is 12.2. The van der Waals surface area contributed by atoms with Crippen LogP contribution in [0.25, 0.3) is 16.6 Å². The van der Waals surface area contributed by atoms with Crippen molar-refractivity contribution in [2.24, 2.45) is 5.92 Å². The molecule has 7 nitrogen and oxygen atoms in total. The molecule has 38 heavy (non-hydrogen) atoms. The highest BCUT2D eigenvalue weighted by Gasteiger charge is 2.17. The van der Waals surface area contributed by atoms with E-state index in [0.29, 0.717) is 45.9 Å². The number of carbonyl (C=O) groups is 2. The van der Waals surface area contributed by atoms with Crippen LogP contribution >= 0.6 is 11.8 Å². The van der Waals surface area contributed by atoms with Gasteiger partial charge in [-0.1, -0.05) is 25.6 Å². The zero-order valence-corrected chi connectivity index (χ0v) is 22.2. The van der Waals surface area contributed by atoms with Gasteiger partial charge in [0.25, 0.3) is 11.5 Å². The lowest BCUT2D eigenvalue weighted by Crippen LogP contribution is -2.26. The predicted octanol–water partition coefficient (Wildman–Crippen LogP) is 5.28. The molecule has 0 atom stereocenters. The summed E-state index contributed by atoms with van der Waals surface area (Å²) in [7, 11) is 1.55. The lowest BCUT2D eigenvalue weighted by atomic mass is 10.1. The molecule has 4 rings (SSSR count). The van der Waals surface area contributed by atoms with Gasteiger partial charge in [-0.15, -0.1) is 0 Å². The third kappa shape index (κ3) is 6.28. The number of amides is 1. The molecule has 0 aliphatic carbocycles. The van der Waals surface area contributed by atoms with Crippen molar-refractivity contribution in [2.45, 2.75) is 25.4 Å². The quantitative estimate of drug-likeness (QED) is 0.169. The first kappa shape index (κ1) is 27.1. The Balaban J connectivity index is 1.70. The van der Waals surface area contributed by atoms with Crippen LogP contribution in [0.3, 0.4) is 0 Å². The van der Waals surface area contributed by atoms with Crippen LogP contribution in [0.1, 0.15) is 41.0 Å². The fourth-order valence-corrected chi connectivity index (χ4v) is 4.70. The molecule has 0 unspecified atom stereocenters. The Hall–Kier alpha value is -3.98. The van der Waals surface area contributed by atoms with Crippen LogP contribution in [-0.2, 0) is 0 Å². The fourth-order valence-electron chi connectivity index (χ4n) is 3.79. The number of benzene rings is 3. The van der Waals surface area contributed by atoms with E-state index in [1.165, 1.54) is 28.8 Å². The third-order valence-corrected chi connectivity index (χ3v) is 6.88. The molecule has 1 amide bonds. The summed E-state index contributed by atoms with van der Waals surface area (Å²) < 4.78 is 20.1. The number of carbonyl (C=O) groups excluding carboxylic acids is 2. The van der Waals surface area contributed by atoms with Gasteiger partial charge in [-0.3, -0.25) is 19.0 Å². The summed E-state index contributed by atoms with van der Waals surface area (Å²) in [5.41, 5.74) is 1.26. The molecule has 0 aliphatic rings. The molecule has 0 aliphatic heterocycles. The van der Waals surface area contributed by atoms with Gasteiger partial charge in [-0.25, -0.2) is 9.37 Å². The van der Waals surface area contributed by atoms with Crippen LogP contribution in [0.15, 0.2) is 76.7 Å². The van der Waals surface area contributed by atoms with E-state index in [-0.39, 0.29) is 28.2 Å². The maximum atomic E-state index is 13.6. The topological polar surface area (TPSA) is 90.3 Å². The molecule has 1 aromatic heterocycles. The Morgan fingerprint density at radius 1 is 1.03 bits per heavy atom. The van der Waals surface area contributed by atoms with E-state index >= 15 is 0 Å². The molecule has 0 saturated carbocycles. The van der Waals surface area contributed by atoms with Crippen LogP contribution in [0.4, 0.5) is 4.39 Å². The number of methoxy groups -OCH3 is 1. The first-order valence-corrected chi connectivity index (χ1v) is 13.2. The van der Waals surface area contributed by atoms with Crippen molar-refractivity contribution in [3.63, 3.8) is 0 Å². The zero-order chi connectivity index (χ0) is 27.2. The van der Waals surface area contributed by atoms with E-state index in [0.717, 1.165) is 18.2 Å². The summed E-state index contributed by atoms with van der Waals surface area (Å²) in [5, 5.41) is 3.45. The molecular weight excluding hydrogens is 505 g/mol. The average Bonchev–Trinajstić information content (AvgIpc) is 2.92. The minimum Gasteiger partial charge on any atom is -0.497 e. The Morgan fingerprint density at radius 2 is 1.71 bits per heavy atom. The van der Waals surface area contributed by atoms with Crippen molar-refractivity contribution in [3.8, 4) is 11.4 Å². The molecule has 1 N–H and O–H groups in total. The molecule has 0 radical (unpaired) electrons. The van der Waals surface area contributed by atoms with Gasteiger partial charge < -0.3 is 10.1 Å². The number of ketones is 1. The van der Waals surface area contributed by atoms with Crippen LogP contribution in [-0.4, -0.2) is 40.6 Å². The first-order chi connectivity index (χ1) is 18.3. The van der Waals surface area contributed by atoms with E-state index in [2.05, 4.69) is 24.1 Å². The SMILES string of the molecule is COc1ccc(C(=O)CSc2nc3cc(C(=O)NCCC(C)C)ccc3c(=O)n2-c2ccc(F)cc2)cc1. The summed E-state index contributed by atoms with van der Waals surface area (Å²) >= 11 is 1.10. The highest BCUT2D eigenvalue weighted by molar-refractivity contribution is 7.99. The van der Waals surface area contributed by atoms with E-state index in [9.17, 15) is 18.8 Å². The van der Waals surface area contributed by atoms with E-state index in [1.807, 2.05) is 0 Å². The van der Waals surface area contributed by atoms with Gasteiger partial charge >= 0.3 is 0 Å². The molecule has 0 fully saturated rings. The Kier molecular flexibility index (Phi) is 8.58. The van der Waals surface area contributed by atoms with Gasteiger partial charge in [0.05, 0.1) is 29.5 Å². The van der Waals surface area contributed by atoms with Gasteiger partial charge in [-0.2, -0.15) is 0 Å². The minimum atomic E-state index is -0.437. The maximum absolute atomic E-state index is 13.6. The number of rotatable bonds is 10. The predicted molar refractivity (Wildman–Crippen MR) is 147 cm³/mol. The normalized spacial score (nSPS) is 11.1. The smallest absolute Gasteiger partial charge is 0.266 e. The molecule has 9 heteroatoms. The van der Waals surface area contributed by atoms with Crippen LogP contribution in [0.5, 0.6) is 5.75 Å². The maximum Gasteiger partial charge on any atom is 0.266 e. The van der Waals surface area contributed by atoms with Crippen molar-refractivity contribution >= 4 is 34.4 Å². The van der Waals surface area contributed by atoms with Crippen molar-refractivity contribution in [3.05, 3.63) is 94.0 Å². The number of thioether (sulfide) groups is 1. The Labute approximate surface area is 224 Å². The van der Waals surface area contributed by atoms with E-state index in [4.69, 9.17) is 4.74 Å². The Bertz CT molecular complexity index is 1520. The van der Waals surface area contributed by atoms with Crippen molar-refractivity contribution < 1.29 is 18.7 Å². The summed E-state index contributed by atoms with van der Waals surface area (Å²) in [6.07, 6.45) is 0.850. The molecule has 0 saturated heterocycles. The third-order valence-electron chi connectivity index (χ3n) is 5.94. The number of hydrogen-bond donors (Lipinski definition) is 1. The largest absolute Gasteiger partial charge is 0.497 e. The van der Waals surface area contributed by atoms with Crippen LogP contribution in [0, 0.1) is 11.7 Å². The van der Waals surface area contributed by atoms with E-state index < -0.39 is 5.82 Å². The van der Waals surface area contributed by atoms with Gasteiger partial charge in [0.15, 0.2) is 10.9 Å². The van der Waals surface area contributed by atoms with Gasteiger partial charge in [-0.05, 0) is 79.1 Å². The van der Waals surface area contributed by atoms with Crippen molar-refractivity contribution in [1.29, 1.82) is 0 Å². The number of Topliss-reactive ketones (excluding diaryl/α,β-unsaturated/α-hetero) is 1. The summed E-state index contributed by atoms with van der Waals surface area (Å²) in [5.74, 6) is 0.267. The van der Waals surface area contributed by atoms with Gasteiger partial charge in [0, 0.05) is 17.7 Å². The lowest BCUT2D eigenvalue weighted by Gasteiger charge is -2.14. The van der Waals surface area contributed by atoms with Gasteiger partial charge in [0.2, 0.25) is 0 Å². The molecule has 0 bridgehead atoms. The van der Waals surface area contributed by atoms with Gasteiger partial charge in [0.1, 0.15) is 11.6 Å². The van der Waals surface area contributed by atoms with Crippen molar-refractivity contribution in [1.82, 2.24) is 14.9 Å². The molecule has 3 aromatic carbocycles. The number of fused-ring (bicyclic) bond motifs is 1. The number of hydrogen-bond acceptors (Lipinski definition) is 6. The molecule has 4 aromatic rings. The lowest BCUT2D eigenvalue weighted by molar-refractivity contribution is 0.0951. The number of aromatic nitrogens is 2. The number of halogens is 1. The van der Waals surface area contributed by atoms with Crippen LogP contribution < -0.4 is 15.6 Å². The molecule has 196 valence electrons.